The largest absolute Gasteiger partial charge is 0.492 e. The fourth-order valence-electron chi connectivity index (χ4n) is 3.37. The first-order valence-electron chi connectivity index (χ1n) is 9.90. The third kappa shape index (κ3) is 5.88. The average molecular weight is 361 g/mol. The van der Waals surface area contributed by atoms with E-state index < -0.39 is 0 Å². The van der Waals surface area contributed by atoms with Crippen LogP contribution in [0, 0.1) is 0 Å². The highest BCUT2D eigenvalue weighted by molar-refractivity contribution is 5.80. The van der Waals surface area contributed by atoms with E-state index in [1.807, 2.05) is 6.07 Å². The van der Waals surface area contributed by atoms with Gasteiger partial charge in [0, 0.05) is 39.3 Å². The number of hydrogen-bond acceptors (Lipinski definition) is 4. The number of morpholine rings is 1. The monoisotopic (exact) mass is 360 g/mol. The molecule has 2 fully saturated rings. The molecule has 0 bridgehead atoms. The zero-order valence-electron chi connectivity index (χ0n) is 16.0. The Bertz CT molecular complexity index is 567. The highest BCUT2D eigenvalue weighted by Crippen LogP contribution is 2.15. The second kappa shape index (κ2) is 10.4. The second-order valence-corrected chi connectivity index (χ2v) is 6.81. The van der Waals surface area contributed by atoms with Gasteiger partial charge in [-0.05, 0) is 37.5 Å². The molecular formula is C20H32N4O2. The number of nitrogens with one attached hydrogen (secondary N) is 1. The second-order valence-electron chi connectivity index (χ2n) is 6.81. The number of aliphatic imine (C=N–C) groups is 1. The van der Waals surface area contributed by atoms with Crippen LogP contribution in [0.4, 0.5) is 0 Å². The van der Waals surface area contributed by atoms with Gasteiger partial charge >= 0.3 is 0 Å². The Labute approximate surface area is 157 Å². The molecule has 26 heavy (non-hydrogen) atoms. The Hall–Kier alpha value is -1.79. The summed E-state index contributed by atoms with van der Waals surface area (Å²) >= 11 is 0. The Morgan fingerprint density at radius 3 is 2.77 bits per heavy atom. The summed E-state index contributed by atoms with van der Waals surface area (Å²) in [4.78, 5) is 9.55. The molecule has 1 N–H and O–H groups in total. The third-order valence-corrected chi connectivity index (χ3v) is 4.83. The minimum absolute atomic E-state index is 0.680. The van der Waals surface area contributed by atoms with Crippen LogP contribution in [-0.2, 0) is 11.3 Å². The highest BCUT2D eigenvalue weighted by Gasteiger charge is 2.15. The molecule has 0 aliphatic carbocycles. The minimum Gasteiger partial charge on any atom is -0.492 e. The predicted molar refractivity (Wildman–Crippen MR) is 105 cm³/mol. The van der Waals surface area contributed by atoms with Crippen LogP contribution >= 0.6 is 0 Å². The van der Waals surface area contributed by atoms with Crippen molar-refractivity contribution < 1.29 is 9.47 Å². The van der Waals surface area contributed by atoms with Gasteiger partial charge in [-0.1, -0.05) is 12.1 Å². The Morgan fingerprint density at radius 2 is 2.00 bits per heavy atom. The molecule has 1 aromatic rings. The maximum absolute atomic E-state index is 5.95. The lowest BCUT2D eigenvalue weighted by Gasteiger charge is -2.26. The van der Waals surface area contributed by atoms with Gasteiger partial charge in [0.1, 0.15) is 12.4 Å². The van der Waals surface area contributed by atoms with E-state index in [9.17, 15) is 0 Å². The number of likely N-dealkylation sites (tertiary alicyclic amines) is 1. The molecule has 0 spiro atoms. The predicted octanol–water partition coefficient (Wildman–Crippen LogP) is 1.96. The van der Waals surface area contributed by atoms with Crippen LogP contribution in [0.3, 0.4) is 0 Å². The molecule has 144 valence electrons. The van der Waals surface area contributed by atoms with E-state index in [0.29, 0.717) is 13.2 Å². The van der Waals surface area contributed by atoms with Crippen molar-refractivity contribution in [1.29, 1.82) is 0 Å². The number of benzene rings is 1. The molecule has 0 atom stereocenters. The van der Waals surface area contributed by atoms with Crippen LogP contribution in [0.2, 0.25) is 0 Å². The summed E-state index contributed by atoms with van der Waals surface area (Å²) < 4.78 is 11.3. The lowest BCUT2D eigenvalue weighted by molar-refractivity contribution is 0.0322. The third-order valence-electron chi connectivity index (χ3n) is 4.83. The van der Waals surface area contributed by atoms with Crippen molar-refractivity contribution in [1.82, 2.24) is 15.1 Å². The highest BCUT2D eigenvalue weighted by atomic mass is 16.5. The van der Waals surface area contributed by atoms with Gasteiger partial charge in [-0.3, -0.25) is 4.90 Å². The summed E-state index contributed by atoms with van der Waals surface area (Å²) in [6, 6.07) is 8.30. The molecule has 0 saturated carbocycles. The van der Waals surface area contributed by atoms with Crippen LogP contribution < -0.4 is 10.1 Å². The first-order chi connectivity index (χ1) is 12.8. The van der Waals surface area contributed by atoms with E-state index in [1.54, 1.807) is 0 Å². The van der Waals surface area contributed by atoms with Gasteiger partial charge in [0.25, 0.3) is 0 Å². The number of ether oxygens (including phenoxy) is 2. The Kier molecular flexibility index (Phi) is 7.58. The quantitative estimate of drug-likeness (QED) is 0.595. The van der Waals surface area contributed by atoms with E-state index in [4.69, 9.17) is 14.5 Å². The van der Waals surface area contributed by atoms with Crippen LogP contribution in [0.1, 0.15) is 25.3 Å². The SMILES string of the molecule is CCNC(=NCc1cccc(OCCN2CCOCC2)c1)N1CCCC1. The standard InChI is InChI=1S/C20H32N4O2/c1-2-21-20(24-8-3-4-9-24)22-17-18-6-5-7-19(16-18)26-15-12-23-10-13-25-14-11-23/h5-7,16H,2-4,8-15,17H2,1H3,(H,21,22). The van der Waals surface area contributed by atoms with E-state index in [-0.39, 0.29) is 0 Å². The number of rotatable bonds is 7. The normalized spacial score (nSPS) is 19.0. The van der Waals surface area contributed by atoms with Crippen molar-refractivity contribution >= 4 is 5.96 Å². The van der Waals surface area contributed by atoms with Crippen molar-refractivity contribution in [3.8, 4) is 5.75 Å². The lowest BCUT2D eigenvalue weighted by Crippen LogP contribution is -2.39. The van der Waals surface area contributed by atoms with E-state index in [1.165, 1.54) is 18.4 Å². The summed E-state index contributed by atoms with van der Waals surface area (Å²) in [5.41, 5.74) is 1.18. The zero-order chi connectivity index (χ0) is 18.0. The summed E-state index contributed by atoms with van der Waals surface area (Å²) in [5, 5.41) is 3.41. The van der Waals surface area contributed by atoms with Crippen molar-refractivity contribution in [3.05, 3.63) is 29.8 Å². The molecule has 6 heteroatoms. The first-order valence-corrected chi connectivity index (χ1v) is 9.90. The Balaban J connectivity index is 1.50. The van der Waals surface area contributed by atoms with Gasteiger partial charge in [-0.2, -0.15) is 0 Å². The molecule has 2 aliphatic heterocycles. The summed E-state index contributed by atoms with van der Waals surface area (Å²) in [6.07, 6.45) is 2.52. The van der Waals surface area contributed by atoms with Crippen LogP contribution in [0.15, 0.2) is 29.3 Å². The van der Waals surface area contributed by atoms with Crippen LogP contribution in [0.5, 0.6) is 5.75 Å². The molecule has 0 aromatic heterocycles. The molecule has 0 unspecified atom stereocenters. The fraction of sp³-hybridized carbons (Fsp3) is 0.650. The number of nitrogens with zero attached hydrogens (tertiary/aromatic N) is 3. The maximum atomic E-state index is 5.95. The van der Waals surface area contributed by atoms with Crippen molar-refractivity contribution in [2.75, 3.05) is 59.1 Å². The topological polar surface area (TPSA) is 49.3 Å². The smallest absolute Gasteiger partial charge is 0.194 e. The van der Waals surface area contributed by atoms with Gasteiger partial charge in [0.2, 0.25) is 0 Å². The fourth-order valence-corrected chi connectivity index (χ4v) is 3.37. The summed E-state index contributed by atoms with van der Waals surface area (Å²) in [5.74, 6) is 1.96. The van der Waals surface area contributed by atoms with Gasteiger partial charge in [0.05, 0.1) is 19.8 Å². The van der Waals surface area contributed by atoms with E-state index in [2.05, 4.69) is 40.2 Å². The summed E-state index contributed by atoms with van der Waals surface area (Å²) in [7, 11) is 0. The molecular weight excluding hydrogens is 328 g/mol. The zero-order valence-corrected chi connectivity index (χ0v) is 16.0. The van der Waals surface area contributed by atoms with E-state index >= 15 is 0 Å². The van der Waals surface area contributed by atoms with E-state index in [0.717, 1.165) is 64.2 Å². The summed E-state index contributed by atoms with van der Waals surface area (Å²) in [6.45, 7) is 11.2. The molecule has 1 aromatic carbocycles. The van der Waals surface area contributed by atoms with Crippen LogP contribution in [0.25, 0.3) is 0 Å². The molecule has 2 heterocycles. The van der Waals surface area contributed by atoms with Crippen molar-refractivity contribution in [2.24, 2.45) is 4.99 Å². The lowest BCUT2D eigenvalue weighted by atomic mass is 10.2. The molecule has 2 aliphatic rings. The average Bonchev–Trinajstić information content (AvgIpc) is 3.21. The first kappa shape index (κ1) is 19.0. The van der Waals surface area contributed by atoms with Crippen LogP contribution in [-0.4, -0.2) is 74.8 Å². The minimum atomic E-state index is 0.680. The maximum Gasteiger partial charge on any atom is 0.194 e. The van der Waals surface area contributed by atoms with Gasteiger partial charge in [0.15, 0.2) is 5.96 Å². The number of hydrogen-bond donors (Lipinski definition) is 1. The molecule has 0 amide bonds. The molecule has 3 rings (SSSR count). The Morgan fingerprint density at radius 1 is 1.19 bits per heavy atom. The van der Waals surface area contributed by atoms with Gasteiger partial charge in [-0.15, -0.1) is 0 Å². The molecule has 2 saturated heterocycles. The van der Waals surface area contributed by atoms with Crippen molar-refractivity contribution in [3.63, 3.8) is 0 Å². The molecule has 6 nitrogen and oxygen atoms in total. The van der Waals surface area contributed by atoms with Gasteiger partial charge in [-0.25, -0.2) is 4.99 Å². The molecule has 0 radical (unpaired) electrons. The van der Waals surface area contributed by atoms with Crippen molar-refractivity contribution in [2.45, 2.75) is 26.3 Å². The van der Waals surface area contributed by atoms with Gasteiger partial charge < -0.3 is 19.7 Å². The number of guanidine groups is 1.